The summed E-state index contributed by atoms with van der Waals surface area (Å²) in [4.78, 5) is 0. The van der Waals surface area contributed by atoms with Gasteiger partial charge in [-0.15, -0.1) is 0 Å². The normalized spacial score (nSPS) is 23.6. The second kappa shape index (κ2) is 9.70. The minimum Gasteiger partial charge on any atom is -0.0913 e. The minimum atomic E-state index is -0.120. The first-order valence-electron chi connectivity index (χ1n) is 11.9. The predicted molar refractivity (Wildman–Crippen MR) is 138 cm³/mol. The molecule has 1 saturated heterocycles. The lowest BCUT2D eigenvalue weighted by molar-refractivity contribution is 0.524. The summed E-state index contributed by atoms with van der Waals surface area (Å²) in [7, 11) is -0.120. The molecule has 31 heavy (non-hydrogen) atoms. The number of aryl methyl sites for hydroxylation is 4. The van der Waals surface area contributed by atoms with Crippen LogP contribution in [-0.4, -0.2) is 6.16 Å². The second-order valence-electron chi connectivity index (χ2n) is 9.57. The lowest BCUT2D eigenvalue weighted by atomic mass is 9.84. The molecular formula is C30H37P. The van der Waals surface area contributed by atoms with Gasteiger partial charge >= 0.3 is 0 Å². The predicted octanol–water partition coefficient (Wildman–Crippen LogP) is 9.17. The fraction of sp³-hybridized carbons (Fsp3) is 0.400. The molecule has 0 nitrogen and oxygen atoms in total. The van der Waals surface area contributed by atoms with E-state index in [0.29, 0.717) is 17.2 Å². The van der Waals surface area contributed by atoms with Crippen molar-refractivity contribution in [2.45, 2.75) is 71.1 Å². The zero-order valence-electron chi connectivity index (χ0n) is 19.9. The highest BCUT2D eigenvalue weighted by molar-refractivity contribution is 7.58. The molecule has 0 bridgehead atoms. The minimum absolute atomic E-state index is 0.120. The van der Waals surface area contributed by atoms with E-state index in [1.807, 2.05) is 0 Å². The van der Waals surface area contributed by atoms with E-state index in [9.17, 15) is 0 Å². The lowest BCUT2D eigenvalue weighted by Crippen LogP contribution is -2.20. The van der Waals surface area contributed by atoms with Crippen LogP contribution in [0.15, 0.2) is 66.7 Å². The average Bonchev–Trinajstić information content (AvgIpc) is 2.75. The Kier molecular flexibility index (Phi) is 6.98. The summed E-state index contributed by atoms with van der Waals surface area (Å²) in [6.45, 7) is 11.5. The molecule has 0 radical (unpaired) electrons. The van der Waals surface area contributed by atoms with Crippen molar-refractivity contribution in [2.75, 3.05) is 6.16 Å². The summed E-state index contributed by atoms with van der Waals surface area (Å²) in [6, 6.07) is 25.7. The van der Waals surface area contributed by atoms with Gasteiger partial charge < -0.3 is 0 Å². The van der Waals surface area contributed by atoms with Crippen LogP contribution in [0.25, 0.3) is 0 Å². The van der Waals surface area contributed by atoms with Crippen LogP contribution >= 0.6 is 7.92 Å². The van der Waals surface area contributed by atoms with Crippen molar-refractivity contribution in [3.05, 3.63) is 106 Å². The van der Waals surface area contributed by atoms with E-state index in [1.54, 1.807) is 11.1 Å². The van der Waals surface area contributed by atoms with Gasteiger partial charge in [-0.2, -0.15) is 0 Å². The highest BCUT2D eigenvalue weighted by Gasteiger charge is 2.39. The van der Waals surface area contributed by atoms with Gasteiger partial charge in [0, 0.05) is 11.3 Å². The van der Waals surface area contributed by atoms with Gasteiger partial charge in [-0.3, -0.25) is 0 Å². The van der Waals surface area contributed by atoms with Crippen molar-refractivity contribution in [1.29, 1.82) is 0 Å². The Bertz CT molecular complexity index is 958. The van der Waals surface area contributed by atoms with Crippen molar-refractivity contribution < 1.29 is 0 Å². The molecule has 0 amide bonds. The third-order valence-corrected chi connectivity index (χ3v) is 10.7. The highest BCUT2D eigenvalue weighted by atomic mass is 31.1. The molecule has 0 spiro atoms. The second-order valence-corrected chi connectivity index (χ2v) is 12.3. The molecule has 0 aliphatic carbocycles. The molecule has 2 unspecified atom stereocenters. The molecule has 0 aromatic heterocycles. The molecule has 0 saturated carbocycles. The molecule has 1 aliphatic heterocycles. The zero-order valence-corrected chi connectivity index (χ0v) is 20.8. The molecule has 1 heterocycles. The van der Waals surface area contributed by atoms with Gasteiger partial charge in [-0.25, -0.2) is 0 Å². The Hall–Kier alpha value is -1.91. The van der Waals surface area contributed by atoms with E-state index in [1.165, 1.54) is 53.2 Å². The van der Waals surface area contributed by atoms with E-state index >= 15 is 0 Å². The van der Waals surface area contributed by atoms with Gasteiger partial charge in [0.25, 0.3) is 0 Å². The third-order valence-electron chi connectivity index (χ3n) is 7.14. The highest BCUT2D eigenvalue weighted by Crippen LogP contribution is 2.70. The number of hydrogen-bond acceptors (Lipinski definition) is 0. The van der Waals surface area contributed by atoms with Crippen LogP contribution in [-0.2, 0) is 0 Å². The maximum atomic E-state index is 2.45. The molecule has 1 aliphatic rings. The topological polar surface area (TPSA) is 0 Å². The van der Waals surface area contributed by atoms with Crippen LogP contribution in [0, 0.1) is 27.7 Å². The summed E-state index contributed by atoms with van der Waals surface area (Å²) in [5.74, 6) is 0.633. The summed E-state index contributed by atoms with van der Waals surface area (Å²) < 4.78 is 0. The standard InChI is InChI=1S/C30H37P/c1-6-16-31-29(27-14-12-21(2)17-23(27)4)19-26(25-10-8-7-9-11-25)20-30(31)28-15-13-22(3)18-24(28)5/h7-15,17-18,26,29-30H,6,16,19-20H2,1-5H3. The number of benzene rings is 3. The van der Waals surface area contributed by atoms with E-state index in [4.69, 9.17) is 0 Å². The van der Waals surface area contributed by atoms with Crippen LogP contribution in [0.3, 0.4) is 0 Å². The molecule has 0 N–H and O–H groups in total. The summed E-state index contributed by atoms with van der Waals surface area (Å²) in [5.41, 5.74) is 11.8. The molecule has 3 aromatic rings. The van der Waals surface area contributed by atoms with E-state index in [2.05, 4.69) is 101 Å². The van der Waals surface area contributed by atoms with Gasteiger partial charge in [0.05, 0.1) is 0 Å². The van der Waals surface area contributed by atoms with Crippen molar-refractivity contribution in [1.82, 2.24) is 0 Å². The zero-order chi connectivity index (χ0) is 22.0. The largest absolute Gasteiger partial charge is 0.0913 e. The number of hydrogen-bond donors (Lipinski definition) is 0. The Morgan fingerprint density at radius 1 is 0.710 bits per heavy atom. The maximum Gasteiger partial charge on any atom is 0.00557 e. The Morgan fingerprint density at radius 2 is 1.23 bits per heavy atom. The summed E-state index contributed by atoms with van der Waals surface area (Å²) in [6.07, 6.45) is 5.24. The van der Waals surface area contributed by atoms with Crippen LogP contribution in [0.2, 0.25) is 0 Å². The molecule has 4 rings (SSSR count). The Balaban J connectivity index is 1.82. The molecule has 2 atom stereocenters. The van der Waals surface area contributed by atoms with Gasteiger partial charge in [0.15, 0.2) is 0 Å². The lowest BCUT2D eigenvalue weighted by Gasteiger charge is -2.44. The molecule has 3 aromatic carbocycles. The fourth-order valence-electron chi connectivity index (χ4n) is 5.70. The Labute approximate surface area is 190 Å². The third kappa shape index (κ3) is 4.80. The van der Waals surface area contributed by atoms with Gasteiger partial charge in [-0.05, 0) is 80.4 Å². The number of rotatable bonds is 5. The van der Waals surface area contributed by atoms with Gasteiger partial charge in [0.1, 0.15) is 0 Å². The Morgan fingerprint density at radius 3 is 1.68 bits per heavy atom. The molecule has 1 heteroatoms. The van der Waals surface area contributed by atoms with Gasteiger partial charge in [0.2, 0.25) is 0 Å². The summed E-state index contributed by atoms with van der Waals surface area (Å²) in [5, 5.41) is 0. The quantitative estimate of drug-likeness (QED) is 0.355. The van der Waals surface area contributed by atoms with Crippen molar-refractivity contribution in [2.24, 2.45) is 0 Å². The average molecular weight is 429 g/mol. The van der Waals surface area contributed by atoms with Gasteiger partial charge in [-0.1, -0.05) is 99.1 Å². The van der Waals surface area contributed by atoms with Crippen LogP contribution in [0.1, 0.15) is 82.4 Å². The first-order chi connectivity index (χ1) is 15.0. The van der Waals surface area contributed by atoms with Crippen molar-refractivity contribution in [3.63, 3.8) is 0 Å². The molecule has 162 valence electrons. The van der Waals surface area contributed by atoms with E-state index < -0.39 is 0 Å². The first kappa shape index (κ1) is 22.3. The fourth-order valence-corrected chi connectivity index (χ4v) is 9.62. The monoisotopic (exact) mass is 428 g/mol. The van der Waals surface area contributed by atoms with E-state index in [0.717, 1.165) is 0 Å². The maximum absolute atomic E-state index is 2.45. The van der Waals surface area contributed by atoms with Crippen LogP contribution in [0.5, 0.6) is 0 Å². The van der Waals surface area contributed by atoms with Crippen LogP contribution < -0.4 is 0 Å². The first-order valence-corrected chi connectivity index (χ1v) is 13.6. The molecule has 1 fully saturated rings. The van der Waals surface area contributed by atoms with Crippen molar-refractivity contribution in [3.8, 4) is 0 Å². The summed E-state index contributed by atoms with van der Waals surface area (Å²) >= 11 is 0. The van der Waals surface area contributed by atoms with Crippen molar-refractivity contribution >= 4 is 7.92 Å². The smallest absolute Gasteiger partial charge is 0.00557 e. The van der Waals surface area contributed by atoms with Crippen LogP contribution in [0.4, 0.5) is 0 Å². The van der Waals surface area contributed by atoms with E-state index in [-0.39, 0.29) is 7.92 Å². The molecular weight excluding hydrogens is 391 g/mol. The SMILES string of the molecule is CCCP1C(c2ccc(C)cc2C)CC(c2ccccc2)CC1c1ccc(C)cc1C.